The molecule has 1 atom stereocenters. The van der Waals surface area contributed by atoms with Gasteiger partial charge in [-0.1, -0.05) is 30.3 Å². The molecule has 0 aliphatic carbocycles. The minimum absolute atomic E-state index is 0.655. The Kier molecular flexibility index (Phi) is 3.62. The second-order valence-corrected chi connectivity index (χ2v) is 5.89. The molecule has 3 rings (SSSR count). The Morgan fingerprint density at radius 2 is 2.05 bits per heavy atom. The van der Waals surface area contributed by atoms with Crippen molar-refractivity contribution in [3.63, 3.8) is 0 Å². The zero-order valence-corrected chi connectivity index (χ0v) is 11.9. The summed E-state index contributed by atoms with van der Waals surface area (Å²) < 4.78 is 1.96. The van der Waals surface area contributed by atoms with E-state index in [0.717, 1.165) is 15.4 Å². The van der Waals surface area contributed by atoms with E-state index < -0.39 is 6.10 Å². The maximum Gasteiger partial charge on any atom is 0.142 e. The second-order valence-electron chi connectivity index (χ2n) is 4.57. The van der Waals surface area contributed by atoms with Crippen LogP contribution in [0.2, 0.25) is 0 Å². The molecule has 2 aromatic heterocycles. The van der Waals surface area contributed by atoms with Crippen LogP contribution >= 0.6 is 11.3 Å². The quantitative estimate of drug-likeness (QED) is 0.802. The van der Waals surface area contributed by atoms with Crippen LogP contribution in [0.1, 0.15) is 27.4 Å². The molecule has 0 spiro atoms. The van der Waals surface area contributed by atoms with E-state index in [1.54, 1.807) is 17.5 Å². The molecule has 20 heavy (non-hydrogen) atoms. The van der Waals surface area contributed by atoms with Crippen LogP contribution in [-0.4, -0.2) is 19.6 Å². The third kappa shape index (κ3) is 2.64. The van der Waals surface area contributed by atoms with Crippen molar-refractivity contribution in [3.05, 3.63) is 70.2 Å². The molecule has 0 aliphatic heterocycles. The normalized spacial score (nSPS) is 12.5. The van der Waals surface area contributed by atoms with Crippen LogP contribution in [0.25, 0.3) is 0 Å². The van der Waals surface area contributed by atoms with Gasteiger partial charge in [0.25, 0.3) is 0 Å². The van der Waals surface area contributed by atoms with Crippen molar-refractivity contribution in [1.29, 1.82) is 0 Å². The Balaban J connectivity index is 1.86. The van der Waals surface area contributed by atoms with E-state index in [-0.39, 0.29) is 0 Å². The fourth-order valence-corrected chi connectivity index (χ4v) is 2.93. The number of thiazole rings is 1. The molecule has 1 aromatic carbocycles. The molecule has 0 bridgehead atoms. The predicted molar refractivity (Wildman–Crippen MR) is 78.7 cm³/mol. The molecular formula is C15H15N3OS. The van der Waals surface area contributed by atoms with Crippen LogP contribution < -0.4 is 0 Å². The Morgan fingerprint density at radius 1 is 1.25 bits per heavy atom. The lowest BCUT2D eigenvalue weighted by atomic mass is 10.1. The number of nitrogens with zero attached hydrogens (tertiary/aromatic N) is 3. The van der Waals surface area contributed by atoms with Crippen LogP contribution in [0.3, 0.4) is 0 Å². The number of aliphatic hydroxyl groups excluding tert-OH is 1. The van der Waals surface area contributed by atoms with Crippen LogP contribution in [-0.2, 0) is 6.54 Å². The van der Waals surface area contributed by atoms with Crippen molar-refractivity contribution in [2.75, 3.05) is 0 Å². The smallest absolute Gasteiger partial charge is 0.142 e. The molecule has 0 radical (unpaired) electrons. The topological polar surface area (TPSA) is 50.9 Å². The largest absolute Gasteiger partial charge is 0.380 e. The molecule has 0 unspecified atom stereocenters. The molecule has 5 heteroatoms. The van der Waals surface area contributed by atoms with Crippen molar-refractivity contribution in [3.8, 4) is 0 Å². The summed E-state index contributed by atoms with van der Waals surface area (Å²) in [6.07, 6.45) is 4.77. The molecule has 0 saturated heterocycles. The van der Waals surface area contributed by atoms with Gasteiger partial charge in [0.15, 0.2) is 0 Å². The van der Waals surface area contributed by atoms with E-state index in [4.69, 9.17) is 0 Å². The first kappa shape index (κ1) is 13.0. The third-order valence-corrected chi connectivity index (χ3v) is 4.00. The molecule has 2 heterocycles. The Morgan fingerprint density at radius 3 is 2.75 bits per heavy atom. The first-order valence-electron chi connectivity index (χ1n) is 6.39. The van der Waals surface area contributed by atoms with E-state index in [1.165, 1.54) is 0 Å². The molecule has 0 aliphatic rings. The highest BCUT2D eigenvalue weighted by Gasteiger charge is 2.16. The van der Waals surface area contributed by atoms with E-state index in [0.29, 0.717) is 12.4 Å². The number of rotatable bonds is 4. The van der Waals surface area contributed by atoms with Crippen LogP contribution in [0.4, 0.5) is 0 Å². The van der Waals surface area contributed by atoms with Gasteiger partial charge in [0.2, 0.25) is 0 Å². The average molecular weight is 285 g/mol. The number of benzene rings is 1. The van der Waals surface area contributed by atoms with Crippen molar-refractivity contribution < 1.29 is 5.11 Å². The summed E-state index contributed by atoms with van der Waals surface area (Å²) in [6.45, 7) is 2.67. The van der Waals surface area contributed by atoms with Gasteiger partial charge in [-0.15, -0.1) is 11.3 Å². The monoisotopic (exact) mass is 285 g/mol. The molecule has 0 saturated carbocycles. The Bertz CT molecular complexity index is 690. The zero-order chi connectivity index (χ0) is 13.9. The summed E-state index contributed by atoms with van der Waals surface area (Å²) in [5.41, 5.74) is 0.848. The molecule has 0 amide bonds. The number of hydrogen-bond acceptors (Lipinski definition) is 4. The van der Waals surface area contributed by atoms with Crippen LogP contribution in [0, 0.1) is 6.92 Å². The lowest BCUT2D eigenvalue weighted by Crippen LogP contribution is -2.10. The minimum Gasteiger partial charge on any atom is -0.380 e. The minimum atomic E-state index is -0.708. The van der Waals surface area contributed by atoms with Crippen molar-refractivity contribution in [2.45, 2.75) is 19.6 Å². The lowest BCUT2D eigenvalue weighted by molar-refractivity contribution is 0.205. The first-order chi connectivity index (χ1) is 9.74. The average Bonchev–Trinajstić information content (AvgIpc) is 3.09. The maximum atomic E-state index is 10.4. The number of aliphatic hydroxyl groups is 1. The first-order valence-corrected chi connectivity index (χ1v) is 7.21. The van der Waals surface area contributed by atoms with Gasteiger partial charge >= 0.3 is 0 Å². The molecular weight excluding hydrogens is 270 g/mol. The van der Waals surface area contributed by atoms with E-state index in [2.05, 4.69) is 9.97 Å². The summed E-state index contributed by atoms with van der Waals surface area (Å²) in [7, 11) is 0. The highest BCUT2D eigenvalue weighted by atomic mass is 32.1. The van der Waals surface area contributed by atoms with Crippen LogP contribution in [0.5, 0.6) is 0 Å². The van der Waals surface area contributed by atoms with E-state index in [9.17, 15) is 5.11 Å². The van der Waals surface area contributed by atoms with Crippen molar-refractivity contribution >= 4 is 11.3 Å². The predicted octanol–water partition coefficient (Wildman–Crippen LogP) is 2.78. The van der Waals surface area contributed by atoms with Gasteiger partial charge in [-0.2, -0.15) is 0 Å². The summed E-state index contributed by atoms with van der Waals surface area (Å²) in [6, 6.07) is 9.57. The summed E-state index contributed by atoms with van der Waals surface area (Å²) in [5, 5.41) is 11.5. The maximum absolute atomic E-state index is 10.4. The highest BCUT2D eigenvalue weighted by Crippen LogP contribution is 2.22. The lowest BCUT2D eigenvalue weighted by Gasteiger charge is -2.12. The fraction of sp³-hybridized carbons (Fsp3) is 0.200. The standard InChI is InChI=1S/C15H15N3OS/c1-11-17-9-13(20-11)10-18-8-7-16-15(18)14(19)12-5-3-2-4-6-12/h2-9,14,19H,10H2,1H3/t14-/m0/s1. The van der Waals surface area contributed by atoms with E-state index >= 15 is 0 Å². The number of aromatic nitrogens is 3. The van der Waals surface area contributed by atoms with Gasteiger partial charge in [-0.25, -0.2) is 9.97 Å². The number of imidazole rings is 1. The SMILES string of the molecule is Cc1ncc(Cn2ccnc2[C@@H](O)c2ccccc2)s1. The molecule has 3 aromatic rings. The molecule has 102 valence electrons. The Labute approximate surface area is 121 Å². The highest BCUT2D eigenvalue weighted by molar-refractivity contribution is 7.11. The summed E-state index contributed by atoms with van der Waals surface area (Å²) in [4.78, 5) is 9.70. The van der Waals surface area contributed by atoms with Gasteiger partial charge < -0.3 is 9.67 Å². The molecule has 1 N–H and O–H groups in total. The van der Waals surface area contributed by atoms with Gasteiger partial charge in [0.05, 0.1) is 11.6 Å². The zero-order valence-electron chi connectivity index (χ0n) is 11.1. The third-order valence-electron chi connectivity index (χ3n) is 3.10. The van der Waals surface area contributed by atoms with Gasteiger partial charge in [0, 0.05) is 23.5 Å². The summed E-state index contributed by atoms with van der Waals surface area (Å²) >= 11 is 1.66. The summed E-state index contributed by atoms with van der Waals surface area (Å²) in [5.74, 6) is 0.655. The van der Waals surface area contributed by atoms with Gasteiger partial charge in [-0.05, 0) is 12.5 Å². The Hall–Kier alpha value is -1.98. The van der Waals surface area contributed by atoms with Crippen molar-refractivity contribution in [1.82, 2.24) is 14.5 Å². The van der Waals surface area contributed by atoms with Gasteiger partial charge in [0.1, 0.15) is 11.9 Å². The molecule has 0 fully saturated rings. The van der Waals surface area contributed by atoms with Crippen molar-refractivity contribution in [2.24, 2.45) is 0 Å². The molecule has 4 nitrogen and oxygen atoms in total. The number of aryl methyl sites for hydroxylation is 1. The fourth-order valence-electron chi connectivity index (χ4n) is 2.13. The van der Waals surface area contributed by atoms with Gasteiger partial charge in [-0.3, -0.25) is 0 Å². The number of hydrogen-bond donors (Lipinski definition) is 1. The van der Waals surface area contributed by atoms with E-state index in [1.807, 2.05) is 54.2 Å². The second kappa shape index (κ2) is 5.56. The van der Waals surface area contributed by atoms with Crippen LogP contribution in [0.15, 0.2) is 48.9 Å².